The molecular weight excluding hydrogens is 387 g/mol. The Hall–Kier alpha value is -3.55. The van der Waals surface area contributed by atoms with Crippen molar-refractivity contribution in [2.45, 2.75) is 20.1 Å². The zero-order valence-electron chi connectivity index (χ0n) is 15.3. The molecule has 0 aliphatic rings. The molecule has 1 N–H and O–H groups in total. The Bertz CT molecular complexity index is 1070. The third kappa shape index (κ3) is 4.66. The van der Waals surface area contributed by atoms with E-state index < -0.39 is 40.9 Å². The van der Waals surface area contributed by atoms with Crippen LogP contribution in [0.5, 0.6) is 5.75 Å². The van der Waals surface area contributed by atoms with Crippen LogP contribution < -0.4 is 15.5 Å². The molecule has 0 atom stereocenters. The summed E-state index contributed by atoms with van der Waals surface area (Å²) in [6.45, 7) is 1.01. The van der Waals surface area contributed by atoms with E-state index in [0.717, 1.165) is 11.8 Å². The molecule has 0 fully saturated rings. The van der Waals surface area contributed by atoms with Gasteiger partial charge in [0.2, 0.25) is 11.2 Å². The van der Waals surface area contributed by atoms with Gasteiger partial charge in [-0.15, -0.1) is 0 Å². The van der Waals surface area contributed by atoms with E-state index in [2.05, 4.69) is 5.32 Å². The Labute approximate surface area is 163 Å². The molecule has 0 saturated heterocycles. The monoisotopic (exact) mass is 403 g/mol. The molecular formula is C21H16F3NO4. The average Bonchev–Trinajstić information content (AvgIpc) is 2.67. The predicted octanol–water partition coefficient (Wildman–Crippen LogP) is 3.87. The van der Waals surface area contributed by atoms with E-state index in [-0.39, 0.29) is 23.7 Å². The highest BCUT2D eigenvalue weighted by molar-refractivity contribution is 5.94. The topological polar surface area (TPSA) is 68.5 Å². The molecule has 1 amide bonds. The van der Waals surface area contributed by atoms with E-state index in [1.165, 1.54) is 6.92 Å². The number of benzene rings is 2. The molecule has 0 aliphatic carbocycles. The van der Waals surface area contributed by atoms with Crippen molar-refractivity contribution in [1.82, 2.24) is 5.32 Å². The summed E-state index contributed by atoms with van der Waals surface area (Å²) in [7, 11) is 0. The van der Waals surface area contributed by atoms with Crippen molar-refractivity contribution in [1.29, 1.82) is 0 Å². The molecule has 150 valence electrons. The van der Waals surface area contributed by atoms with Gasteiger partial charge in [-0.1, -0.05) is 30.3 Å². The molecule has 8 heteroatoms. The number of amides is 1. The van der Waals surface area contributed by atoms with Crippen LogP contribution in [0.1, 0.15) is 27.2 Å². The Kier molecular flexibility index (Phi) is 6.01. The Morgan fingerprint density at radius 1 is 1.10 bits per heavy atom. The second-order valence-electron chi connectivity index (χ2n) is 6.17. The number of hydrogen-bond acceptors (Lipinski definition) is 4. The molecule has 1 aromatic heterocycles. The van der Waals surface area contributed by atoms with Crippen molar-refractivity contribution in [3.63, 3.8) is 0 Å². The van der Waals surface area contributed by atoms with Crippen LogP contribution in [0.2, 0.25) is 0 Å². The van der Waals surface area contributed by atoms with Crippen LogP contribution in [0.15, 0.2) is 57.9 Å². The van der Waals surface area contributed by atoms with Gasteiger partial charge in [-0.2, -0.15) is 0 Å². The molecule has 1 heterocycles. The Morgan fingerprint density at radius 2 is 1.76 bits per heavy atom. The molecule has 3 aromatic rings. The van der Waals surface area contributed by atoms with E-state index in [9.17, 15) is 22.8 Å². The van der Waals surface area contributed by atoms with E-state index >= 15 is 0 Å². The van der Waals surface area contributed by atoms with Crippen LogP contribution in [0.25, 0.3) is 0 Å². The number of carbonyl (C=O) groups excluding carboxylic acids is 1. The first-order chi connectivity index (χ1) is 13.9. The van der Waals surface area contributed by atoms with E-state index in [4.69, 9.17) is 9.15 Å². The van der Waals surface area contributed by atoms with Crippen LogP contribution in [-0.4, -0.2) is 5.91 Å². The average molecular weight is 403 g/mol. The summed E-state index contributed by atoms with van der Waals surface area (Å²) in [5.41, 5.74) is -0.830. The standard InChI is InChI=1S/C21H16F3NO4/c1-12-20(29-10-13-5-3-2-4-6-13)19(26)16(11-28-12)21(27)25-9-15-17(23)7-14(22)8-18(15)24/h2-8,11H,9-10H2,1H3,(H,25,27). The van der Waals surface area contributed by atoms with E-state index in [0.29, 0.717) is 12.1 Å². The summed E-state index contributed by atoms with van der Waals surface area (Å²) in [6.07, 6.45) is 0.944. The van der Waals surface area contributed by atoms with Crippen LogP contribution in [-0.2, 0) is 13.2 Å². The van der Waals surface area contributed by atoms with Crippen molar-refractivity contribution in [2.75, 3.05) is 0 Å². The van der Waals surface area contributed by atoms with Gasteiger partial charge in [-0.3, -0.25) is 9.59 Å². The van der Waals surface area contributed by atoms with Gasteiger partial charge < -0.3 is 14.5 Å². The fourth-order valence-electron chi connectivity index (χ4n) is 2.59. The van der Waals surface area contributed by atoms with Gasteiger partial charge in [0.05, 0.1) is 0 Å². The Morgan fingerprint density at radius 3 is 2.41 bits per heavy atom. The first-order valence-corrected chi connectivity index (χ1v) is 8.57. The van der Waals surface area contributed by atoms with Crippen molar-refractivity contribution in [2.24, 2.45) is 0 Å². The maximum absolute atomic E-state index is 13.7. The molecule has 0 saturated carbocycles. The number of aryl methyl sites for hydroxylation is 1. The zero-order chi connectivity index (χ0) is 21.0. The highest BCUT2D eigenvalue weighted by atomic mass is 19.1. The normalized spacial score (nSPS) is 10.6. The second kappa shape index (κ2) is 8.64. The summed E-state index contributed by atoms with van der Waals surface area (Å²) in [6, 6.07) is 10.1. The minimum absolute atomic E-state index is 0.0868. The summed E-state index contributed by atoms with van der Waals surface area (Å²) in [5.74, 6) is -4.24. The van der Waals surface area contributed by atoms with Crippen molar-refractivity contribution >= 4 is 5.91 Å². The molecule has 3 rings (SSSR count). The minimum Gasteiger partial charge on any atom is -0.482 e. The van der Waals surface area contributed by atoms with Crippen molar-refractivity contribution in [3.8, 4) is 5.75 Å². The predicted molar refractivity (Wildman–Crippen MR) is 98.0 cm³/mol. The number of halogens is 3. The van der Waals surface area contributed by atoms with Gasteiger partial charge >= 0.3 is 0 Å². The highest BCUT2D eigenvalue weighted by Gasteiger charge is 2.19. The van der Waals surface area contributed by atoms with Gasteiger partial charge in [0.15, 0.2) is 0 Å². The smallest absolute Gasteiger partial charge is 0.258 e. The first-order valence-electron chi connectivity index (χ1n) is 8.57. The van der Waals surface area contributed by atoms with Gasteiger partial charge in [0, 0.05) is 24.2 Å². The maximum Gasteiger partial charge on any atom is 0.258 e. The lowest BCUT2D eigenvalue weighted by molar-refractivity contribution is 0.0945. The number of hydrogen-bond donors (Lipinski definition) is 1. The lowest BCUT2D eigenvalue weighted by Gasteiger charge is -2.10. The Balaban J connectivity index is 1.77. The van der Waals surface area contributed by atoms with Gasteiger partial charge in [0.25, 0.3) is 5.91 Å². The van der Waals surface area contributed by atoms with Crippen LogP contribution in [0.4, 0.5) is 13.2 Å². The summed E-state index contributed by atoms with van der Waals surface area (Å²) in [4.78, 5) is 24.9. The fourth-order valence-corrected chi connectivity index (χ4v) is 2.59. The largest absolute Gasteiger partial charge is 0.482 e. The molecule has 2 aromatic carbocycles. The van der Waals surface area contributed by atoms with E-state index in [1.54, 1.807) is 12.1 Å². The maximum atomic E-state index is 13.7. The quantitative estimate of drug-likeness (QED) is 0.678. The molecule has 0 aliphatic heterocycles. The van der Waals surface area contributed by atoms with Crippen LogP contribution >= 0.6 is 0 Å². The number of carbonyl (C=O) groups is 1. The molecule has 0 radical (unpaired) electrons. The number of nitrogens with one attached hydrogen (secondary N) is 1. The van der Waals surface area contributed by atoms with Crippen molar-refractivity contribution in [3.05, 3.63) is 98.9 Å². The molecule has 29 heavy (non-hydrogen) atoms. The third-order valence-corrected chi connectivity index (χ3v) is 4.13. The van der Waals surface area contributed by atoms with Gasteiger partial charge in [-0.25, -0.2) is 13.2 Å². The minimum atomic E-state index is -1.15. The molecule has 0 unspecified atom stereocenters. The second-order valence-corrected chi connectivity index (χ2v) is 6.17. The number of rotatable bonds is 6. The highest BCUT2D eigenvalue weighted by Crippen LogP contribution is 2.17. The first kappa shape index (κ1) is 20.2. The molecule has 5 nitrogen and oxygen atoms in total. The van der Waals surface area contributed by atoms with Crippen molar-refractivity contribution < 1.29 is 27.1 Å². The zero-order valence-corrected chi connectivity index (χ0v) is 15.3. The molecule has 0 bridgehead atoms. The van der Waals surface area contributed by atoms with Crippen LogP contribution in [0, 0.1) is 24.4 Å². The lowest BCUT2D eigenvalue weighted by Crippen LogP contribution is -2.29. The third-order valence-electron chi connectivity index (χ3n) is 4.13. The number of ether oxygens (including phenoxy) is 1. The summed E-state index contributed by atoms with van der Waals surface area (Å²) < 4.78 is 51.1. The fraction of sp³-hybridized carbons (Fsp3) is 0.143. The van der Waals surface area contributed by atoms with E-state index in [1.807, 2.05) is 18.2 Å². The lowest BCUT2D eigenvalue weighted by atomic mass is 10.1. The van der Waals surface area contributed by atoms with Crippen LogP contribution in [0.3, 0.4) is 0 Å². The van der Waals surface area contributed by atoms with Gasteiger partial charge in [0.1, 0.15) is 41.6 Å². The molecule has 0 spiro atoms. The summed E-state index contributed by atoms with van der Waals surface area (Å²) >= 11 is 0. The van der Waals surface area contributed by atoms with Gasteiger partial charge in [-0.05, 0) is 12.5 Å². The SMILES string of the molecule is Cc1occ(C(=O)NCc2c(F)cc(F)cc2F)c(=O)c1OCc1ccccc1. The summed E-state index contributed by atoms with van der Waals surface area (Å²) in [5, 5.41) is 2.22.